The van der Waals surface area contributed by atoms with Crippen LogP contribution in [-0.2, 0) is 11.3 Å². The molecule has 32 heavy (non-hydrogen) atoms. The number of nitrogens with zero attached hydrogens (tertiary/aromatic N) is 4. The van der Waals surface area contributed by atoms with Gasteiger partial charge in [0.05, 0.1) is 26.1 Å². The maximum Gasteiger partial charge on any atom is 0.264 e. The summed E-state index contributed by atoms with van der Waals surface area (Å²) in [6.45, 7) is 3.80. The number of amides is 1. The molecule has 1 N–H and O–H groups in total. The van der Waals surface area contributed by atoms with Crippen LogP contribution in [0.4, 0.5) is 5.69 Å². The molecule has 2 heterocycles. The number of fused-ring (bicyclic) bond motifs is 1. The third-order valence-electron chi connectivity index (χ3n) is 4.95. The molecule has 0 aliphatic heterocycles. The Kier molecular flexibility index (Phi) is 5.63. The van der Waals surface area contributed by atoms with Crippen molar-refractivity contribution in [1.29, 1.82) is 0 Å². The molecule has 0 saturated heterocycles. The minimum absolute atomic E-state index is 0.198. The van der Waals surface area contributed by atoms with Gasteiger partial charge in [0.25, 0.3) is 5.56 Å². The summed E-state index contributed by atoms with van der Waals surface area (Å²) < 4.78 is 13.3. The van der Waals surface area contributed by atoms with Crippen molar-refractivity contribution in [2.45, 2.75) is 20.4 Å². The monoisotopic (exact) mass is 433 g/mol. The van der Waals surface area contributed by atoms with Gasteiger partial charge >= 0.3 is 0 Å². The number of hydrogen-bond acceptors (Lipinski definition) is 6. The molecule has 4 aromatic rings. The first-order chi connectivity index (χ1) is 15.4. The second kappa shape index (κ2) is 8.54. The fraction of sp³-hybridized carbons (Fsp3) is 0.217. The van der Waals surface area contributed by atoms with Crippen molar-refractivity contribution in [2.75, 3.05) is 19.5 Å². The molecule has 0 unspecified atom stereocenters. The molecule has 0 bridgehead atoms. The van der Waals surface area contributed by atoms with E-state index in [1.807, 2.05) is 26.0 Å². The molecule has 0 atom stereocenters. The summed E-state index contributed by atoms with van der Waals surface area (Å²) in [5.41, 5.74) is 3.59. The number of anilines is 1. The fourth-order valence-electron chi connectivity index (χ4n) is 3.56. The van der Waals surface area contributed by atoms with E-state index in [9.17, 15) is 9.59 Å². The summed E-state index contributed by atoms with van der Waals surface area (Å²) in [6.07, 6.45) is 2.83. The topological polar surface area (TPSA) is 100 Å². The molecule has 0 saturated carbocycles. The van der Waals surface area contributed by atoms with E-state index in [0.29, 0.717) is 28.2 Å². The van der Waals surface area contributed by atoms with Crippen molar-refractivity contribution < 1.29 is 14.3 Å². The standard InChI is InChI=1S/C23H23N5O4/c1-14-5-15(2)7-17(6-14)28-22-20(11-25-28)23(30)27(13-24-22)12-21(29)26-16-8-18(31-3)10-19(9-16)32-4/h5-11,13H,12H2,1-4H3,(H,26,29). The first kappa shape index (κ1) is 21.1. The highest BCUT2D eigenvalue weighted by molar-refractivity contribution is 5.91. The van der Waals surface area contributed by atoms with E-state index in [2.05, 4.69) is 21.5 Å². The van der Waals surface area contributed by atoms with Crippen molar-refractivity contribution in [3.05, 3.63) is 70.4 Å². The number of nitrogens with one attached hydrogen (secondary N) is 1. The first-order valence-corrected chi connectivity index (χ1v) is 9.92. The van der Waals surface area contributed by atoms with Crippen LogP contribution in [0.5, 0.6) is 11.5 Å². The molecule has 9 nitrogen and oxygen atoms in total. The van der Waals surface area contributed by atoms with Gasteiger partial charge in [0.15, 0.2) is 5.65 Å². The van der Waals surface area contributed by atoms with E-state index in [-0.39, 0.29) is 18.0 Å². The lowest BCUT2D eigenvalue weighted by Gasteiger charge is -2.11. The second-order valence-corrected chi connectivity index (χ2v) is 7.47. The maximum absolute atomic E-state index is 12.9. The molecule has 164 valence electrons. The van der Waals surface area contributed by atoms with Gasteiger partial charge in [-0.2, -0.15) is 5.10 Å². The highest BCUT2D eigenvalue weighted by atomic mass is 16.5. The van der Waals surface area contributed by atoms with Gasteiger partial charge in [-0.15, -0.1) is 0 Å². The fourth-order valence-corrected chi connectivity index (χ4v) is 3.56. The van der Waals surface area contributed by atoms with Crippen LogP contribution in [-0.4, -0.2) is 39.5 Å². The van der Waals surface area contributed by atoms with Gasteiger partial charge in [0.2, 0.25) is 5.91 Å². The van der Waals surface area contributed by atoms with E-state index in [0.717, 1.165) is 16.8 Å². The number of hydrogen-bond donors (Lipinski definition) is 1. The van der Waals surface area contributed by atoms with Crippen molar-refractivity contribution >= 4 is 22.6 Å². The van der Waals surface area contributed by atoms with E-state index in [4.69, 9.17) is 9.47 Å². The molecule has 1 amide bonds. The van der Waals surface area contributed by atoms with Crippen molar-refractivity contribution in [1.82, 2.24) is 19.3 Å². The van der Waals surface area contributed by atoms with Crippen LogP contribution in [0, 0.1) is 13.8 Å². The number of benzene rings is 2. The minimum Gasteiger partial charge on any atom is -0.497 e. The summed E-state index contributed by atoms with van der Waals surface area (Å²) in [5.74, 6) is 0.697. The van der Waals surface area contributed by atoms with Gasteiger partial charge in [-0.05, 0) is 37.1 Å². The summed E-state index contributed by atoms with van der Waals surface area (Å²) >= 11 is 0. The lowest BCUT2D eigenvalue weighted by atomic mass is 10.1. The number of aromatic nitrogens is 4. The number of rotatable bonds is 6. The van der Waals surface area contributed by atoms with Crippen LogP contribution in [0.3, 0.4) is 0 Å². The lowest BCUT2D eigenvalue weighted by Crippen LogP contribution is -2.27. The number of carbonyl (C=O) groups is 1. The van der Waals surface area contributed by atoms with Crippen molar-refractivity contribution in [3.63, 3.8) is 0 Å². The van der Waals surface area contributed by atoms with Gasteiger partial charge < -0.3 is 14.8 Å². The normalized spacial score (nSPS) is 10.9. The molecule has 0 radical (unpaired) electrons. The Labute approximate surface area is 184 Å². The van der Waals surface area contributed by atoms with Gasteiger partial charge in [-0.25, -0.2) is 9.67 Å². The van der Waals surface area contributed by atoms with Gasteiger partial charge in [0, 0.05) is 23.9 Å². The Morgan fingerprint density at radius 1 is 1.00 bits per heavy atom. The Bertz CT molecular complexity index is 1330. The summed E-state index contributed by atoms with van der Waals surface area (Å²) in [5, 5.41) is 7.43. The van der Waals surface area contributed by atoms with Gasteiger partial charge in [-0.1, -0.05) is 6.07 Å². The molecule has 2 aromatic carbocycles. The molecular weight excluding hydrogens is 410 g/mol. The lowest BCUT2D eigenvalue weighted by molar-refractivity contribution is -0.116. The van der Waals surface area contributed by atoms with Gasteiger partial charge in [-0.3, -0.25) is 14.2 Å². The zero-order valence-corrected chi connectivity index (χ0v) is 18.2. The third-order valence-corrected chi connectivity index (χ3v) is 4.95. The van der Waals surface area contributed by atoms with E-state index in [1.54, 1.807) is 22.9 Å². The average Bonchev–Trinajstić information content (AvgIpc) is 3.19. The SMILES string of the molecule is COc1cc(NC(=O)Cn2cnc3c(cnn3-c3cc(C)cc(C)c3)c2=O)cc(OC)c1. The summed E-state index contributed by atoms with van der Waals surface area (Å²) in [7, 11) is 3.05. The molecule has 2 aromatic heterocycles. The second-order valence-electron chi connectivity index (χ2n) is 7.47. The van der Waals surface area contributed by atoms with Crippen LogP contribution in [0.1, 0.15) is 11.1 Å². The van der Waals surface area contributed by atoms with E-state index < -0.39 is 0 Å². The molecule has 4 rings (SSSR count). The Morgan fingerprint density at radius 3 is 2.28 bits per heavy atom. The molecule has 0 aliphatic rings. The Morgan fingerprint density at radius 2 is 1.66 bits per heavy atom. The van der Waals surface area contributed by atoms with Crippen molar-refractivity contribution in [3.8, 4) is 17.2 Å². The number of aryl methyl sites for hydroxylation is 2. The quantitative estimate of drug-likeness (QED) is 0.502. The molecular formula is C23H23N5O4. The average molecular weight is 433 g/mol. The predicted octanol–water partition coefficient (Wildman–Crippen LogP) is 2.85. The molecule has 0 aliphatic carbocycles. The van der Waals surface area contributed by atoms with Crippen LogP contribution in [0.25, 0.3) is 16.7 Å². The van der Waals surface area contributed by atoms with Crippen LogP contribution < -0.4 is 20.3 Å². The highest BCUT2D eigenvalue weighted by Crippen LogP contribution is 2.25. The minimum atomic E-state index is -0.384. The highest BCUT2D eigenvalue weighted by Gasteiger charge is 2.14. The smallest absolute Gasteiger partial charge is 0.264 e. The summed E-state index contributed by atoms with van der Waals surface area (Å²) in [4.78, 5) is 29.9. The summed E-state index contributed by atoms with van der Waals surface area (Å²) in [6, 6.07) is 11.0. The molecule has 0 fully saturated rings. The Balaban J connectivity index is 1.60. The molecule has 9 heteroatoms. The Hall–Kier alpha value is -4.14. The zero-order valence-electron chi connectivity index (χ0n) is 18.2. The van der Waals surface area contributed by atoms with Crippen LogP contribution in [0.2, 0.25) is 0 Å². The van der Waals surface area contributed by atoms with Crippen molar-refractivity contribution in [2.24, 2.45) is 0 Å². The largest absolute Gasteiger partial charge is 0.497 e. The van der Waals surface area contributed by atoms with Gasteiger partial charge in [0.1, 0.15) is 29.8 Å². The first-order valence-electron chi connectivity index (χ1n) is 9.92. The van der Waals surface area contributed by atoms with Crippen LogP contribution >= 0.6 is 0 Å². The number of carbonyl (C=O) groups excluding carboxylic acids is 1. The van der Waals surface area contributed by atoms with E-state index >= 15 is 0 Å². The van der Waals surface area contributed by atoms with E-state index in [1.165, 1.54) is 31.3 Å². The maximum atomic E-state index is 12.9. The third kappa shape index (κ3) is 4.18. The number of ether oxygens (including phenoxy) is 2. The number of methoxy groups -OCH3 is 2. The van der Waals surface area contributed by atoms with Crippen LogP contribution in [0.15, 0.2) is 53.7 Å². The molecule has 0 spiro atoms. The zero-order chi connectivity index (χ0) is 22.8. The predicted molar refractivity (Wildman–Crippen MR) is 121 cm³/mol.